The third-order valence-corrected chi connectivity index (χ3v) is 8.22. The van der Waals surface area contributed by atoms with Crippen molar-refractivity contribution in [2.45, 2.75) is 45.2 Å². The molecule has 31 heavy (non-hydrogen) atoms. The molecular weight excluding hydrogens is 380 g/mol. The van der Waals surface area contributed by atoms with Crippen molar-refractivity contribution in [3.8, 4) is 0 Å². The fourth-order valence-corrected chi connectivity index (χ4v) is 6.33. The summed E-state index contributed by atoms with van der Waals surface area (Å²) in [5, 5.41) is 0. The van der Waals surface area contributed by atoms with Crippen LogP contribution in [-0.4, -0.2) is 16.1 Å². The molecule has 0 bridgehead atoms. The number of aromatic nitrogens is 2. The van der Waals surface area contributed by atoms with E-state index in [0.29, 0.717) is 5.92 Å². The van der Waals surface area contributed by atoms with Crippen LogP contribution in [0.4, 0.5) is 23.0 Å². The topological polar surface area (TPSA) is 32.3 Å². The Morgan fingerprint density at radius 3 is 2.48 bits per heavy atom. The maximum absolute atomic E-state index is 5.28. The average molecular weight is 407 g/mol. The summed E-state index contributed by atoms with van der Waals surface area (Å²) in [5.74, 6) is 2.50. The van der Waals surface area contributed by atoms with E-state index < -0.39 is 0 Å². The second kappa shape index (κ2) is 5.56. The summed E-state index contributed by atoms with van der Waals surface area (Å²) >= 11 is 0. The van der Waals surface area contributed by atoms with Gasteiger partial charge in [-0.1, -0.05) is 63.2 Å². The van der Waals surface area contributed by atoms with Gasteiger partial charge in [0.25, 0.3) is 0 Å². The standard InChI is InChI=1S/C27H26N4/c1-17-13-14-20-21(15-17)29-24-23(28-20)30(18-9-5-4-6-10-18)25-27(3)16-26(27,2)19-11-7-8-12-22(19)31(24)25/h4-14,17,25H,15-16H2,1-3H3. The molecule has 4 nitrogen and oxygen atoms in total. The molecule has 1 fully saturated rings. The quantitative estimate of drug-likeness (QED) is 0.498. The summed E-state index contributed by atoms with van der Waals surface area (Å²) in [5.41, 5.74) is 6.37. The van der Waals surface area contributed by atoms with E-state index in [-0.39, 0.29) is 17.0 Å². The number of para-hydroxylation sites is 2. The van der Waals surface area contributed by atoms with Crippen LogP contribution >= 0.6 is 0 Å². The molecule has 0 spiro atoms. The van der Waals surface area contributed by atoms with Crippen LogP contribution in [0.2, 0.25) is 0 Å². The average Bonchev–Trinajstić information content (AvgIpc) is 3.22. The number of rotatable bonds is 1. The first-order valence-electron chi connectivity index (χ1n) is 11.3. The van der Waals surface area contributed by atoms with Crippen molar-refractivity contribution in [2.75, 3.05) is 9.80 Å². The van der Waals surface area contributed by atoms with Gasteiger partial charge in [-0.15, -0.1) is 0 Å². The largest absolute Gasteiger partial charge is 0.301 e. The minimum absolute atomic E-state index is 0.128. The number of hydrogen-bond acceptors (Lipinski definition) is 4. The van der Waals surface area contributed by atoms with Crippen molar-refractivity contribution >= 4 is 29.1 Å². The molecule has 1 aromatic heterocycles. The summed E-state index contributed by atoms with van der Waals surface area (Å²) in [7, 11) is 0. The summed E-state index contributed by atoms with van der Waals surface area (Å²) in [6.07, 6.45) is 6.72. The lowest BCUT2D eigenvalue weighted by Gasteiger charge is -2.44. The summed E-state index contributed by atoms with van der Waals surface area (Å²) in [6.45, 7) is 7.14. The first kappa shape index (κ1) is 17.5. The van der Waals surface area contributed by atoms with Crippen molar-refractivity contribution in [3.63, 3.8) is 0 Å². The molecular formula is C27H26N4. The van der Waals surface area contributed by atoms with Crippen molar-refractivity contribution < 1.29 is 0 Å². The highest BCUT2D eigenvalue weighted by Gasteiger charge is 2.73. The predicted octanol–water partition coefficient (Wildman–Crippen LogP) is 5.98. The number of fused-ring (bicyclic) bond motifs is 9. The minimum atomic E-state index is 0.128. The maximum Gasteiger partial charge on any atom is 0.179 e. The predicted molar refractivity (Wildman–Crippen MR) is 125 cm³/mol. The zero-order valence-electron chi connectivity index (χ0n) is 18.2. The van der Waals surface area contributed by atoms with Crippen LogP contribution in [-0.2, 0) is 11.8 Å². The highest BCUT2D eigenvalue weighted by atomic mass is 15.5. The van der Waals surface area contributed by atoms with E-state index in [1.165, 1.54) is 23.4 Å². The van der Waals surface area contributed by atoms with Gasteiger partial charge in [-0.3, -0.25) is 0 Å². The van der Waals surface area contributed by atoms with Gasteiger partial charge in [-0.05, 0) is 48.6 Å². The Bertz CT molecular complexity index is 1270. The van der Waals surface area contributed by atoms with Gasteiger partial charge >= 0.3 is 0 Å². The van der Waals surface area contributed by atoms with E-state index in [1.807, 2.05) is 0 Å². The molecule has 3 heterocycles. The molecule has 2 aliphatic heterocycles. The molecule has 2 aromatic carbocycles. The first-order chi connectivity index (χ1) is 15.0. The van der Waals surface area contributed by atoms with Crippen LogP contribution in [0.15, 0.2) is 60.7 Å². The Hall–Kier alpha value is -3.14. The molecule has 4 atom stereocenters. The van der Waals surface area contributed by atoms with Gasteiger partial charge < -0.3 is 9.80 Å². The Morgan fingerprint density at radius 2 is 1.65 bits per heavy atom. The molecule has 7 rings (SSSR count). The lowest BCUT2D eigenvalue weighted by atomic mass is 9.81. The van der Waals surface area contributed by atoms with E-state index in [0.717, 1.165) is 29.4 Å². The molecule has 2 aliphatic carbocycles. The summed E-state index contributed by atoms with van der Waals surface area (Å²) in [4.78, 5) is 15.4. The molecule has 4 aliphatic rings. The van der Waals surface area contributed by atoms with Gasteiger partial charge in [0.15, 0.2) is 11.6 Å². The second-order valence-corrected chi connectivity index (χ2v) is 10.1. The highest BCUT2D eigenvalue weighted by Crippen LogP contribution is 2.74. The van der Waals surface area contributed by atoms with E-state index in [2.05, 4.69) is 97.3 Å². The van der Waals surface area contributed by atoms with E-state index in [9.17, 15) is 0 Å². The van der Waals surface area contributed by atoms with Crippen molar-refractivity contribution in [1.82, 2.24) is 9.97 Å². The number of benzene rings is 2. The Morgan fingerprint density at radius 1 is 0.903 bits per heavy atom. The third kappa shape index (κ3) is 2.06. The lowest BCUT2D eigenvalue weighted by molar-refractivity contribution is 0.371. The maximum atomic E-state index is 5.28. The van der Waals surface area contributed by atoms with Gasteiger partial charge in [0.2, 0.25) is 0 Å². The second-order valence-electron chi connectivity index (χ2n) is 10.1. The van der Waals surface area contributed by atoms with Gasteiger partial charge in [0.05, 0.1) is 11.4 Å². The van der Waals surface area contributed by atoms with Crippen LogP contribution in [0.3, 0.4) is 0 Å². The van der Waals surface area contributed by atoms with E-state index in [1.54, 1.807) is 0 Å². The molecule has 0 amide bonds. The molecule has 4 heteroatoms. The van der Waals surface area contributed by atoms with E-state index in [4.69, 9.17) is 9.97 Å². The highest BCUT2D eigenvalue weighted by molar-refractivity contribution is 5.88. The van der Waals surface area contributed by atoms with Crippen LogP contribution in [0.1, 0.15) is 44.1 Å². The van der Waals surface area contributed by atoms with Crippen molar-refractivity contribution in [3.05, 3.63) is 77.6 Å². The van der Waals surface area contributed by atoms with Crippen molar-refractivity contribution in [2.24, 2.45) is 11.3 Å². The normalized spacial score (nSPS) is 31.5. The van der Waals surface area contributed by atoms with Crippen LogP contribution in [0.5, 0.6) is 0 Å². The van der Waals surface area contributed by atoms with Gasteiger partial charge in [-0.25, -0.2) is 9.97 Å². The lowest BCUT2D eigenvalue weighted by Crippen LogP contribution is -2.50. The zero-order chi connectivity index (χ0) is 21.0. The van der Waals surface area contributed by atoms with Gasteiger partial charge in [0.1, 0.15) is 6.17 Å². The Kier molecular flexibility index (Phi) is 3.14. The number of nitrogens with zero attached hydrogens (tertiary/aromatic N) is 4. The number of allylic oxidation sites excluding steroid dienone is 1. The summed E-state index contributed by atoms with van der Waals surface area (Å²) in [6, 6.07) is 19.7. The van der Waals surface area contributed by atoms with Crippen LogP contribution < -0.4 is 9.80 Å². The first-order valence-corrected chi connectivity index (χ1v) is 11.3. The Labute approximate surface area is 183 Å². The monoisotopic (exact) mass is 406 g/mol. The minimum Gasteiger partial charge on any atom is -0.301 e. The molecule has 0 N–H and O–H groups in total. The smallest absolute Gasteiger partial charge is 0.179 e. The van der Waals surface area contributed by atoms with Gasteiger partial charge in [-0.2, -0.15) is 0 Å². The fourth-order valence-electron chi connectivity index (χ4n) is 6.33. The molecule has 1 saturated carbocycles. The van der Waals surface area contributed by atoms with Gasteiger partial charge in [0, 0.05) is 22.2 Å². The van der Waals surface area contributed by atoms with E-state index >= 15 is 0 Å². The fraction of sp³-hybridized carbons (Fsp3) is 0.333. The number of hydrogen-bond donors (Lipinski definition) is 0. The molecule has 4 unspecified atom stereocenters. The number of anilines is 4. The van der Waals surface area contributed by atoms with Crippen LogP contribution in [0, 0.1) is 11.3 Å². The molecule has 154 valence electrons. The Balaban J connectivity index is 1.53. The molecule has 3 aromatic rings. The van der Waals surface area contributed by atoms with Crippen molar-refractivity contribution in [1.29, 1.82) is 0 Å². The SMILES string of the molecule is CC1C=Cc2nc3c(nc2C1)N1c2ccccc2C2(C)CC2(C)C1N3c1ccccc1. The van der Waals surface area contributed by atoms with Crippen LogP contribution in [0.25, 0.3) is 6.08 Å². The summed E-state index contributed by atoms with van der Waals surface area (Å²) < 4.78 is 0. The third-order valence-electron chi connectivity index (χ3n) is 8.22. The molecule has 0 radical (unpaired) electrons. The molecule has 0 saturated heterocycles. The zero-order valence-corrected chi connectivity index (χ0v) is 18.2.